The van der Waals surface area contributed by atoms with Crippen LogP contribution < -0.4 is 4.89 Å². The average Bonchev–Trinajstić information content (AvgIpc) is 2.72. The highest BCUT2D eigenvalue weighted by Crippen LogP contribution is 2.38. The highest BCUT2D eigenvalue weighted by molar-refractivity contribution is 7.45. The molecule has 0 saturated heterocycles. The minimum Gasteiger partial charge on any atom is -0.756 e. The molecule has 0 fully saturated rings. The molecule has 0 N–H and O–H groups in total. The Kier molecular flexibility index (Phi) is 70.5. The summed E-state index contributed by atoms with van der Waals surface area (Å²) in [6, 6.07) is 0. The Morgan fingerprint density at radius 2 is 0.562 bits per heavy atom. The first-order chi connectivity index (χ1) is 47.0. The zero-order chi connectivity index (χ0) is 69.7. The zero-order valence-corrected chi connectivity index (χ0v) is 62.9. The van der Waals surface area contributed by atoms with Crippen molar-refractivity contribution in [2.75, 3.05) is 47.5 Å². The van der Waals surface area contributed by atoms with Crippen molar-refractivity contribution >= 4 is 19.8 Å². The van der Waals surface area contributed by atoms with Crippen LogP contribution in [0.3, 0.4) is 0 Å². The molecule has 2 unspecified atom stereocenters. The van der Waals surface area contributed by atoms with Gasteiger partial charge in [0.2, 0.25) is 0 Å². The minimum atomic E-state index is -4.67. The molecule has 0 aromatic carbocycles. The maximum atomic E-state index is 12.9. The second-order valence-electron chi connectivity index (χ2n) is 26.3. The highest BCUT2D eigenvalue weighted by atomic mass is 31.2. The fourth-order valence-electron chi connectivity index (χ4n) is 10.1. The standard InChI is InChI=1S/C86H142NO8P/c1-6-8-10-12-14-16-18-20-22-24-26-28-30-32-34-36-38-40-42-43-45-47-49-51-53-55-57-59-61-63-65-67-69-71-73-75-77-79-86(89)95-84(83-94-96(90,91)93-81-80-87(3,4)5)82-92-85(88)78-76-74-72-70-68-66-64-62-60-58-56-54-52-50-48-46-44-41-39-37-35-33-31-29-27-25-23-21-19-17-15-13-11-9-7-2/h8-11,14-17,20-23,26-29,32,34,38,40,43,45,49,51,55,57,61,63,67,69,84H,6-7,12-13,18-19,24-25,30-31,33,35-37,39,41-42,44,46-48,50,52-54,56,58-60,62,64-66,68,70-83H2,1-5H3/b10-8-,11-9-,16-14-,17-15-,22-20-,23-21-,28-26-,29-27-,34-32-,40-38-,45-43-,51-49-,57-55-,63-61-,69-67-. The SMILES string of the molecule is CC/C=C\C/C=C\C/C=C\C/C=C\C/C=C\C/C=C\C/C=C\C/C=C\C/C=C\C/C=C\C/C=C\CCCCCC(=O)OC(COC(=O)CCCCCCCCCCCCCCCCCCCCCCCC/C=C\C/C=C\C/C=C\C/C=C\CC)COP(=O)([O-])OCC[N+](C)(C)C. The molecule has 0 radical (unpaired) electrons. The smallest absolute Gasteiger partial charge is 0.306 e. The molecule has 0 aliphatic carbocycles. The topological polar surface area (TPSA) is 111 Å². The van der Waals surface area contributed by atoms with E-state index in [0.29, 0.717) is 17.4 Å². The molecule has 0 bridgehead atoms. The molecule has 0 aliphatic heterocycles. The Balaban J connectivity index is 4.11. The van der Waals surface area contributed by atoms with Crippen LogP contribution in [0.25, 0.3) is 0 Å². The Hall–Kier alpha value is -4.89. The second kappa shape index (κ2) is 74.3. The van der Waals surface area contributed by atoms with Gasteiger partial charge in [-0.1, -0.05) is 331 Å². The lowest BCUT2D eigenvalue weighted by Gasteiger charge is -2.28. The molecule has 0 aliphatic rings. The van der Waals surface area contributed by atoms with Crippen LogP contribution in [0, 0.1) is 0 Å². The van der Waals surface area contributed by atoms with Gasteiger partial charge in [-0.15, -0.1) is 0 Å². The predicted molar refractivity (Wildman–Crippen MR) is 415 cm³/mol. The monoisotopic (exact) mass is 1350 g/mol. The summed E-state index contributed by atoms with van der Waals surface area (Å²) in [5, 5.41) is 0. The van der Waals surface area contributed by atoms with Gasteiger partial charge in [0.25, 0.3) is 7.82 Å². The fourth-order valence-corrected chi connectivity index (χ4v) is 10.9. The number of phosphoric acid groups is 1. The first-order valence-corrected chi connectivity index (χ1v) is 40.0. The summed E-state index contributed by atoms with van der Waals surface area (Å²) in [5.74, 6) is -0.875. The van der Waals surface area contributed by atoms with Crippen LogP contribution >= 0.6 is 7.82 Å². The molecule has 96 heavy (non-hydrogen) atoms. The molecule has 0 amide bonds. The van der Waals surface area contributed by atoms with Gasteiger partial charge in [-0.2, -0.15) is 0 Å². The first-order valence-electron chi connectivity index (χ1n) is 38.5. The van der Waals surface area contributed by atoms with Gasteiger partial charge in [0, 0.05) is 12.8 Å². The summed E-state index contributed by atoms with van der Waals surface area (Å²) in [4.78, 5) is 38.1. The number of rotatable bonds is 69. The van der Waals surface area contributed by atoms with Gasteiger partial charge in [0.1, 0.15) is 19.8 Å². The van der Waals surface area contributed by atoms with Crippen molar-refractivity contribution < 1.29 is 42.1 Å². The first kappa shape index (κ1) is 91.1. The van der Waals surface area contributed by atoms with Gasteiger partial charge in [-0.25, -0.2) is 0 Å². The van der Waals surface area contributed by atoms with E-state index in [9.17, 15) is 19.0 Å². The van der Waals surface area contributed by atoms with Gasteiger partial charge < -0.3 is 27.9 Å². The molecule has 0 spiro atoms. The third-order valence-electron chi connectivity index (χ3n) is 15.9. The van der Waals surface area contributed by atoms with E-state index in [1.165, 1.54) is 128 Å². The Morgan fingerprint density at radius 1 is 0.323 bits per heavy atom. The molecule has 10 heteroatoms. The molecular weight excluding hydrogens is 1210 g/mol. The van der Waals surface area contributed by atoms with Crippen LogP contribution in [-0.4, -0.2) is 70.0 Å². The zero-order valence-electron chi connectivity index (χ0n) is 62.0. The van der Waals surface area contributed by atoms with Crippen molar-refractivity contribution in [1.82, 2.24) is 0 Å². The van der Waals surface area contributed by atoms with E-state index < -0.39 is 32.5 Å². The molecule has 9 nitrogen and oxygen atoms in total. The summed E-state index contributed by atoms with van der Waals surface area (Å²) < 4.78 is 34.3. The van der Waals surface area contributed by atoms with Gasteiger partial charge >= 0.3 is 11.9 Å². The van der Waals surface area contributed by atoms with E-state index in [2.05, 4.69) is 196 Å². The number of likely N-dealkylation sites (N-methyl/N-ethyl adjacent to an activating group) is 1. The molecule has 0 rings (SSSR count). The number of carbonyl (C=O) groups is 2. The molecule has 0 heterocycles. The number of allylic oxidation sites excluding steroid dienone is 30. The second-order valence-corrected chi connectivity index (χ2v) is 27.7. The largest absolute Gasteiger partial charge is 0.756 e. The van der Waals surface area contributed by atoms with E-state index in [1.807, 2.05) is 21.1 Å². The number of quaternary nitrogens is 1. The summed E-state index contributed by atoms with van der Waals surface area (Å²) in [6.45, 7) is 3.98. The van der Waals surface area contributed by atoms with Crippen LogP contribution in [0.15, 0.2) is 182 Å². The number of phosphoric ester groups is 1. The maximum absolute atomic E-state index is 12.9. The Morgan fingerprint density at radius 3 is 0.844 bits per heavy atom. The molecule has 2 atom stereocenters. The van der Waals surface area contributed by atoms with Crippen LogP contribution in [-0.2, 0) is 32.7 Å². The lowest BCUT2D eigenvalue weighted by atomic mass is 10.0. The quantitative estimate of drug-likeness (QED) is 0.0195. The van der Waals surface area contributed by atoms with Crippen LogP contribution in [0.1, 0.15) is 296 Å². The third kappa shape index (κ3) is 78.1. The fraction of sp³-hybridized carbons (Fsp3) is 0.628. The van der Waals surface area contributed by atoms with Crippen molar-refractivity contribution in [2.45, 2.75) is 302 Å². The van der Waals surface area contributed by atoms with E-state index in [1.54, 1.807) is 0 Å². The van der Waals surface area contributed by atoms with Gasteiger partial charge in [0.15, 0.2) is 6.10 Å². The van der Waals surface area contributed by atoms with Gasteiger partial charge in [-0.05, 0) is 135 Å². The highest BCUT2D eigenvalue weighted by Gasteiger charge is 2.22. The normalized spacial score (nSPS) is 14.1. The molecule has 0 aromatic rings. The number of unbranched alkanes of at least 4 members (excludes halogenated alkanes) is 25. The summed E-state index contributed by atoms with van der Waals surface area (Å²) in [5.41, 5.74) is 0. The number of hydrogen-bond donors (Lipinski definition) is 0. The van der Waals surface area contributed by atoms with Crippen LogP contribution in [0.2, 0.25) is 0 Å². The van der Waals surface area contributed by atoms with Gasteiger partial charge in [0.05, 0.1) is 27.7 Å². The number of hydrogen-bond acceptors (Lipinski definition) is 8. The van der Waals surface area contributed by atoms with Crippen molar-refractivity contribution in [3.05, 3.63) is 182 Å². The van der Waals surface area contributed by atoms with E-state index >= 15 is 0 Å². The average molecular weight is 1350 g/mol. The lowest BCUT2D eigenvalue weighted by molar-refractivity contribution is -0.870. The number of esters is 2. The van der Waals surface area contributed by atoms with Gasteiger partial charge in [-0.3, -0.25) is 14.2 Å². The van der Waals surface area contributed by atoms with E-state index in [0.717, 1.165) is 135 Å². The number of nitrogens with zero attached hydrogens (tertiary/aromatic N) is 1. The molecule has 544 valence electrons. The number of carbonyl (C=O) groups excluding carboxylic acids is 2. The summed E-state index contributed by atoms with van der Waals surface area (Å²) in [7, 11) is 1.13. The Bertz CT molecular complexity index is 2280. The molecule has 0 saturated carbocycles. The van der Waals surface area contributed by atoms with Crippen molar-refractivity contribution in [1.29, 1.82) is 0 Å². The number of ether oxygens (including phenoxy) is 2. The van der Waals surface area contributed by atoms with E-state index in [-0.39, 0.29) is 26.1 Å². The van der Waals surface area contributed by atoms with Crippen LogP contribution in [0.5, 0.6) is 0 Å². The predicted octanol–water partition coefficient (Wildman–Crippen LogP) is 25.2. The Labute approximate surface area is 591 Å². The van der Waals surface area contributed by atoms with Crippen molar-refractivity contribution in [3.63, 3.8) is 0 Å². The molecular formula is C86H142NO8P. The summed E-state index contributed by atoms with van der Waals surface area (Å²) in [6.07, 6.45) is 114. The molecule has 0 aromatic heterocycles. The third-order valence-corrected chi connectivity index (χ3v) is 16.9. The minimum absolute atomic E-state index is 0.0456. The van der Waals surface area contributed by atoms with Crippen LogP contribution in [0.4, 0.5) is 0 Å². The van der Waals surface area contributed by atoms with E-state index in [4.69, 9.17) is 18.5 Å². The maximum Gasteiger partial charge on any atom is 0.306 e. The van der Waals surface area contributed by atoms with Crippen molar-refractivity contribution in [2.24, 2.45) is 0 Å². The summed E-state index contributed by atoms with van der Waals surface area (Å²) >= 11 is 0. The lowest BCUT2D eigenvalue weighted by Crippen LogP contribution is -2.37. The van der Waals surface area contributed by atoms with Crippen molar-refractivity contribution in [3.8, 4) is 0 Å².